The van der Waals surface area contributed by atoms with Crippen molar-refractivity contribution in [2.24, 2.45) is 5.92 Å². The Bertz CT molecular complexity index is 201. The number of rotatable bonds is 2. The molecular formula is C13H26N. The van der Waals surface area contributed by atoms with Crippen molar-refractivity contribution in [3.05, 3.63) is 6.42 Å². The maximum Gasteiger partial charge on any atom is 0.0209 e. The molecule has 0 amide bonds. The minimum Gasteiger partial charge on any atom is -0.295 e. The topological polar surface area (TPSA) is 3.24 Å². The van der Waals surface area contributed by atoms with Crippen LogP contribution in [0.15, 0.2) is 0 Å². The molecule has 3 atom stereocenters. The summed E-state index contributed by atoms with van der Waals surface area (Å²) < 4.78 is 0. The summed E-state index contributed by atoms with van der Waals surface area (Å²) in [7, 11) is 2.30. The van der Waals surface area contributed by atoms with Crippen LogP contribution in [-0.2, 0) is 0 Å². The van der Waals surface area contributed by atoms with Crippen molar-refractivity contribution in [2.75, 3.05) is 7.05 Å². The summed E-state index contributed by atoms with van der Waals surface area (Å²) in [6.07, 6.45) is 6.23. The molecule has 0 aromatic rings. The third kappa shape index (κ3) is 1.60. The lowest BCUT2D eigenvalue weighted by molar-refractivity contribution is -0.0386. The highest BCUT2D eigenvalue weighted by molar-refractivity contribution is 5.08. The Morgan fingerprint density at radius 1 is 1.29 bits per heavy atom. The third-order valence-corrected chi connectivity index (χ3v) is 4.95. The van der Waals surface area contributed by atoms with Crippen molar-refractivity contribution >= 4 is 0 Å². The largest absolute Gasteiger partial charge is 0.295 e. The van der Waals surface area contributed by atoms with E-state index < -0.39 is 0 Å². The molecule has 0 aromatic heterocycles. The monoisotopic (exact) mass is 196 g/mol. The van der Waals surface area contributed by atoms with Crippen molar-refractivity contribution in [3.8, 4) is 0 Å². The molecule has 1 aliphatic heterocycles. The van der Waals surface area contributed by atoms with Crippen LogP contribution in [0.25, 0.3) is 0 Å². The summed E-state index contributed by atoms with van der Waals surface area (Å²) in [5.74, 6) is 0.706. The fourth-order valence-electron chi connectivity index (χ4n) is 2.68. The van der Waals surface area contributed by atoms with Gasteiger partial charge in [-0.25, -0.2) is 0 Å². The van der Waals surface area contributed by atoms with Gasteiger partial charge in [-0.2, -0.15) is 0 Å². The summed E-state index contributed by atoms with van der Waals surface area (Å²) in [4.78, 5) is 2.62. The lowest BCUT2D eigenvalue weighted by Gasteiger charge is -2.56. The molecule has 0 aromatic carbocycles. The summed E-state index contributed by atoms with van der Waals surface area (Å²) >= 11 is 0. The first-order valence-corrected chi connectivity index (χ1v) is 5.98. The van der Waals surface area contributed by atoms with E-state index >= 15 is 0 Å². The molecule has 1 nitrogen and oxygen atoms in total. The zero-order chi connectivity index (χ0) is 11.0. The predicted molar refractivity (Wildman–Crippen MR) is 63.2 cm³/mol. The van der Waals surface area contributed by atoms with Gasteiger partial charge in [0, 0.05) is 11.1 Å². The van der Waals surface area contributed by atoms with Gasteiger partial charge in [-0.3, -0.25) is 4.90 Å². The standard InChI is InChI=1S/C13H26N/c1-7-12(4)10-9-11(3)13(5,8-2)14(12)6/h9,11H,7-8,10H2,1-6H3. The molecule has 14 heavy (non-hydrogen) atoms. The summed E-state index contributed by atoms with van der Waals surface area (Å²) in [6.45, 7) is 11.8. The van der Waals surface area contributed by atoms with Gasteiger partial charge in [0.1, 0.15) is 0 Å². The van der Waals surface area contributed by atoms with E-state index in [-0.39, 0.29) is 0 Å². The predicted octanol–water partition coefficient (Wildman–Crippen LogP) is 3.50. The minimum atomic E-state index is 0.350. The third-order valence-electron chi connectivity index (χ3n) is 4.95. The van der Waals surface area contributed by atoms with Crippen molar-refractivity contribution in [1.29, 1.82) is 0 Å². The smallest absolute Gasteiger partial charge is 0.0209 e. The summed E-state index contributed by atoms with van der Waals surface area (Å²) in [5.41, 5.74) is 0.722. The number of likely N-dealkylation sites (tertiary alicyclic amines) is 1. The van der Waals surface area contributed by atoms with Crippen LogP contribution in [-0.4, -0.2) is 23.0 Å². The van der Waals surface area contributed by atoms with Gasteiger partial charge in [0.05, 0.1) is 0 Å². The summed E-state index contributed by atoms with van der Waals surface area (Å²) in [6, 6.07) is 0. The van der Waals surface area contributed by atoms with Crippen LogP contribution in [0.2, 0.25) is 0 Å². The SMILES string of the molecule is CCC1(C)C[CH]C(C)C(C)(CC)N1C. The van der Waals surface area contributed by atoms with E-state index in [2.05, 4.69) is 53.0 Å². The highest BCUT2D eigenvalue weighted by Crippen LogP contribution is 2.43. The average molecular weight is 196 g/mol. The van der Waals surface area contributed by atoms with E-state index in [0.29, 0.717) is 17.0 Å². The lowest BCUT2D eigenvalue weighted by Crippen LogP contribution is -2.62. The Labute approximate surface area is 89.9 Å². The van der Waals surface area contributed by atoms with Gasteiger partial charge in [0.2, 0.25) is 0 Å². The molecule has 0 saturated carbocycles. The molecule has 1 rings (SSSR count). The maximum atomic E-state index is 2.62. The highest BCUT2D eigenvalue weighted by atomic mass is 15.2. The van der Waals surface area contributed by atoms with E-state index in [9.17, 15) is 0 Å². The molecular weight excluding hydrogens is 170 g/mol. The molecule has 1 radical (unpaired) electrons. The van der Waals surface area contributed by atoms with E-state index in [1.165, 1.54) is 19.3 Å². The fourth-order valence-corrected chi connectivity index (χ4v) is 2.68. The number of nitrogens with zero attached hydrogens (tertiary/aromatic N) is 1. The Kier molecular flexibility index (Phi) is 3.30. The zero-order valence-corrected chi connectivity index (χ0v) is 10.7. The molecule has 1 heteroatoms. The van der Waals surface area contributed by atoms with Gasteiger partial charge in [-0.1, -0.05) is 20.8 Å². The molecule has 1 heterocycles. The Morgan fingerprint density at radius 2 is 1.86 bits per heavy atom. The first-order valence-electron chi connectivity index (χ1n) is 5.98. The van der Waals surface area contributed by atoms with Gasteiger partial charge < -0.3 is 0 Å². The van der Waals surface area contributed by atoms with Gasteiger partial charge >= 0.3 is 0 Å². The fraction of sp³-hybridized carbons (Fsp3) is 0.923. The van der Waals surface area contributed by atoms with Gasteiger partial charge in [0.15, 0.2) is 0 Å². The van der Waals surface area contributed by atoms with Crippen LogP contribution in [0, 0.1) is 12.3 Å². The maximum absolute atomic E-state index is 2.62. The quantitative estimate of drug-likeness (QED) is 0.653. The molecule has 0 aliphatic carbocycles. The van der Waals surface area contributed by atoms with Crippen LogP contribution >= 0.6 is 0 Å². The second-order valence-corrected chi connectivity index (χ2v) is 5.35. The van der Waals surface area contributed by atoms with E-state index in [0.717, 1.165) is 0 Å². The highest BCUT2D eigenvalue weighted by Gasteiger charge is 2.46. The van der Waals surface area contributed by atoms with Crippen molar-refractivity contribution in [3.63, 3.8) is 0 Å². The van der Waals surface area contributed by atoms with Gasteiger partial charge in [0.25, 0.3) is 0 Å². The summed E-state index contributed by atoms with van der Waals surface area (Å²) in [5, 5.41) is 0. The molecule has 3 unspecified atom stereocenters. The van der Waals surface area contributed by atoms with E-state index in [1.54, 1.807) is 0 Å². The molecule has 83 valence electrons. The molecule has 0 spiro atoms. The van der Waals surface area contributed by atoms with Crippen molar-refractivity contribution in [2.45, 2.75) is 65.0 Å². The van der Waals surface area contributed by atoms with Crippen LogP contribution in [0.5, 0.6) is 0 Å². The molecule has 1 aliphatic rings. The first-order chi connectivity index (χ1) is 6.40. The first kappa shape index (κ1) is 12.0. The van der Waals surface area contributed by atoms with Crippen molar-refractivity contribution in [1.82, 2.24) is 4.90 Å². The van der Waals surface area contributed by atoms with Crippen LogP contribution in [0.4, 0.5) is 0 Å². The van der Waals surface area contributed by atoms with Crippen LogP contribution in [0.3, 0.4) is 0 Å². The second kappa shape index (κ2) is 3.84. The minimum absolute atomic E-state index is 0.350. The molecule has 0 N–H and O–H groups in total. The lowest BCUT2D eigenvalue weighted by atomic mass is 9.70. The normalized spacial score (nSPS) is 45.4. The number of piperidine rings is 1. The Balaban J connectivity index is 2.94. The molecule has 1 saturated heterocycles. The van der Waals surface area contributed by atoms with E-state index in [4.69, 9.17) is 0 Å². The number of hydrogen-bond donors (Lipinski definition) is 0. The average Bonchev–Trinajstić information content (AvgIpc) is 2.21. The van der Waals surface area contributed by atoms with Crippen molar-refractivity contribution < 1.29 is 0 Å². The van der Waals surface area contributed by atoms with E-state index in [1.807, 2.05) is 0 Å². The van der Waals surface area contributed by atoms with Crippen LogP contribution < -0.4 is 0 Å². The molecule has 0 bridgehead atoms. The second-order valence-electron chi connectivity index (χ2n) is 5.35. The van der Waals surface area contributed by atoms with Gasteiger partial charge in [-0.05, 0) is 52.5 Å². The van der Waals surface area contributed by atoms with Crippen LogP contribution in [0.1, 0.15) is 53.9 Å². The Morgan fingerprint density at radius 3 is 2.29 bits per heavy atom. The zero-order valence-electron chi connectivity index (χ0n) is 10.7. The molecule has 1 fully saturated rings. The Hall–Kier alpha value is -0.0400. The number of hydrogen-bond acceptors (Lipinski definition) is 1. The van der Waals surface area contributed by atoms with Gasteiger partial charge in [-0.15, -0.1) is 0 Å².